The minimum absolute atomic E-state index is 0.150. The van der Waals surface area contributed by atoms with Crippen LogP contribution >= 0.6 is 15.6 Å². The molecule has 41 heavy (non-hydrogen) atoms. The molecular formula is C28H52O11P2. The summed E-state index contributed by atoms with van der Waals surface area (Å²) in [4.78, 5) is 44.2. The second kappa shape index (κ2) is 22.3. The van der Waals surface area contributed by atoms with Gasteiger partial charge in [-0.15, -0.1) is 0 Å². The average molecular weight is 627 g/mol. The highest BCUT2D eigenvalue weighted by molar-refractivity contribution is 7.61. The second-order valence-electron chi connectivity index (χ2n) is 10.3. The molecule has 0 aromatic rings. The number of ether oxygens (including phenoxy) is 2. The number of esters is 2. The Hall–Kier alpha value is -1.32. The van der Waals surface area contributed by atoms with Crippen molar-refractivity contribution in [2.24, 2.45) is 0 Å². The van der Waals surface area contributed by atoms with Gasteiger partial charge in [0.25, 0.3) is 0 Å². The first-order valence-corrected chi connectivity index (χ1v) is 17.6. The van der Waals surface area contributed by atoms with Crippen molar-refractivity contribution in [3.63, 3.8) is 0 Å². The van der Waals surface area contributed by atoms with E-state index in [1.165, 1.54) is 13.8 Å². The van der Waals surface area contributed by atoms with E-state index >= 15 is 0 Å². The summed E-state index contributed by atoms with van der Waals surface area (Å²) in [6.45, 7) is 13.1. The van der Waals surface area contributed by atoms with Crippen molar-refractivity contribution in [2.75, 3.05) is 13.2 Å². The van der Waals surface area contributed by atoms with E-state index in [9.17, 15) is 28.5 Å². The normalized spacial score (nSPS) is 15.8. The van der Waals surface area contributed by atoms with E-state index in [4.69, 9.17) is 18.5 Å². The lowest BCUT2D eigenvalue weighted by Gasteiger charge is -2.22. The molecule has 0 amide bonds. The van der Waals surface area contributed by atoms with Crippen LogP contribution < -0.4 is 0 Å². The maximum atomic E-state index is 12.5. The molecule has 0 aliphatic heterocycles. The fourth-order valence-electron chi connectivity index (χ4n) is 3.69. The summed E-state index contributed by atoms with van der Waals surface area (Å²) in [6.07, 6.45) is 10.7. The minimum Gasteiger partial charge on any atom is -0.457 e. The van der Waals surface area contributed by atoms with E-state index < -0.39 is 53.0 Å². The Kier molecular flexibility index (Phi) is 21.5. The van der Waals surface area contributed by atoms with E-state index in [0.29, 0.717) is 25.7 Å². The SMILES string of the molecule is C=C(C)C(=O)OC(CCCCCCCC)COP(=O)(O)OP(=O)(O)OCC(CCCCCCCC)OC(=O)C(=C)C. The molecule has 0 saturated heterocycles. The highest BCUT2D eigenvalue weighted by atomic mass is 31.3. The fourth-order valence-corrected chi connectivity index (χ4v) is 5.82. The molecule has 2 N–H and O–H groups in total. The van der Waals surface area contributed by atoms with Crippen LogP contribution in [0.5, 0.6) is 0 Å². The van der Waals surface area contributed by atoms with Crippen LogP contribution in [0.25, 0.3) is 0 Å². The van der Waals surface area contributed by atoms with Gasteiger partial charge in [-0.25, -0.2) is 18.7 Å². The molecule has 0 fully saturated rings. The molecule has 0 aromatic carbocycles. The number of rotatable bonds is 26. The van der Waals surface area contributed by atoms with Crippen LogP contribution in [0.1, 0.15) is 118 Å². The molecule has 0 aliphatic carbocycles. The van der Waals surface area contributed by atoms with Crippen LogP contribution in [0.2, 0.25) is 0 Å². The summed E-state index contributed by atoms with van der Waals surface area (Å²) in [5, 5.41) is 0. The van der Waals surface area contributed by atoms with Crippen molar-refractivity contribution < 1.29 is 51.3 Å². The van der Waals surface area contributed by atoms with Crippen LogP contribution in [0.4, 0.5) is 0 Å². The molecule has 0 heterocycles. The summed E-state index contributed by atoms with van der Waals surface area (Å²) in [7, 11) is -10.2. The van der Waals surface area contributed by atoms with Crippen LogP contribution in [0.3, 0.4) is 0 Å². The molecule has 240 valence electrons. The van der Waals surface area contributed by atoms with E-state index in [1.54, 1.807) is 0 Å². The van der Waals surface area contributed by atoms with Gasteiger partial charge < -0.3 is 19.3 Å². The fraction of sp³-hybridized carbons (Fsp3) is 0.786. The van der Waals surface area contributed by atoms with Crippen LogP contribution in [0, 0.1) is 0 Å². The molecule has 0 saturated carbocycles. The van der Waals surface area contributed by atoms with Gasteiger partial charge in [0, 0.05) is 11.1 Å². The average Bonchev–Trinajstić information content (AvgIpc) is 2.88. The smallest absolute Gasteiger partial charge is 0.457 e. The molecule has 0 aliphatic rings. The van der Waals surface area contributed by atoms with E-state index in [2.05, 4.69) is 31.3 Å². The number of carbonyl (C=O) groups is 2. The number of hydrogen-bond donors (Lipinski definition) is 2. The Labute approximate surface area is 246 Å². The van der Waals surface area contributed by atoms with Gasteiger partial charge in [0.1, 0.15) is 12.2 Å². The Balaban J connectivity index is 5.02. The highest BCUT2D eigenvalue weighted by Gasteiger charge is 2.37. The zero-order chi connectivity index (χ0) is 31.3. The monoisotopic (exact) mass is 626 g/mol. The number of hydrogen-bond acceptors (Lipinski definition) is 9. The maximum absolute atomic E-state index is 12.5. The van der Waals surface area contributed by atoms with Gasteiger partial charge in [0.15, 0.2) is 0 Å². The second-order valence-corrected chi connectivity index (χ2v) is 13.4. The van der Waals surface area contributed by atoms with Gasteiger partial charge in [-0.3, -0.25) is 9.05 Å². The Morgan fingerprint density at radius 2 is 0.951 bits per heavy atom. The molecule has 0 radical (unpaired) electrons. The quantitative estimate of drug-likeness (QED) is 0.0420. The summed E-state index contributed by atoms with van der Waals surface area (Å²) < 4.78 is 49.7. The first-order valence-electron chi connectivity index (χ1n) is 14.6. The first-order chi connectivity index (χ1) is 19.2. The highest BCUT2D eigenvalue weighted by Crippen LogP contribution is 2.60. The van der Waals surface area contributed by atoms with Crippen LogP contribution in [-0.4, -0.2) is 47.1 Å². The number of unbranched alkanes of at least 4 members (excludes halogenated alkanes) is 10. The van der Waals surface area contributed by atoms with Crippen molar-refractivity contribution in [3.05, 3.63) is 24.3 Å². The lowest BCUT2D eigenvalue weighted by atomic mass is 10.1. The van der Waals surface area contributed by atoms with E-state index in [1.807, 2.05) is 0 Å². The molecule has 13 heteroatoms. The molecule has 4 atom stereocenters. The minimum atomic E-state index is -5.10. The zero-order valence-electron chi connectivity index (χ0n) is 25.3. The number of carbonyl (C=O) groups excluding carboxylic acids is 2. The number of phosphoric ester groups is 2. The van der Waals surface area contributed by atoms with E-state index in [0.717, 1.165) is 64.2 Å². The van der Waals surface area contributed by atoms with Crippen molar-refractivity contribution in [1.29, 1.82) is 0 Å². The van der Waals surface area contributed by atoms with Gasteiger partial charge in [0.05, 0.1) is 13.2 Å². The Morgan fingerprint density at radius 3 is 1.27 bits per heavy atom. The van der Waals surface area contributed by atoms with Gasteiger partial charge in [-0.1, -0.05) is 91.2 Å². The van der Waals surface area contributed by atoms with Crippen molar-refractivity contribution in [3.8, 4) is 0 Å². The van der Waals surface area contributed by atoms with E-state index in [-0.39, 0.29) is 11.1 Å². The lowest BCUT2D eigenvalue weighted by molar-refractivity contribution is -0.147. The van der Waals surface area contributed by atoms with Gasteiger partial charge in [0.2, 0.25) is 0 Å². The van der Waals surface area contributed by atoms with Crippen molar-refractivity contribution in [2.45, 2.75) is 130 Å². The summed E-state index contributed by atoms with van der Waals surface area (Å²) in [5.41, 5.74) is 0.301. The third kappa shape index (κ3) is 22.0. The first kappa shape index (κ1) is 39.7. The molecule has 0 aromatic heterocycles. The predicted octanol–water partition coefficient (Wildman–Crippen LogP) is 7.71. The van der Waals surface area contributed by atoms with Gasteiger partial charge in [-0.2, -0.15) is 4.31 Å². The summed E-state index contributed by atoms with van der Waals surface area (Å²) in [5.74, 6) is -1.37. The lowest BCUT2D eigenvalue weighted by Crippen LogP contribution is -2.24. The van der Waals surface area contributed by atoms with Gasteiger partial charge >= 0.3 is 27.6 Å². The summed E-state index contributed by atoms with van der Waals surface area (Å²) in [6, 6.07) is 0. The number of phosphoric acid groups is 2. The molecule has 4 unspecified atom stereocenters. The van der Waals surface area contributed by atoms with Crippen LogP contribution in [-0.2, 0) is 41.6 Å². The topological polar surface area (TPSA) is 155 Å². The van der Waals surface area contributed by atoms with Crippen molar-refractivity contribution in [1.82, 2.24) is 0 Å². The molecule has 0 bridgehead atoms. The molecule has 11 nitrogen and oxygen atoms in total. The molecule has 0 rings (SSSR count). The van der Waals surface area contributed by atoms with Crippen molar-refractivity contribution >= 4 is 27.6 Å². The van der Waals surface area contributed by atoms with Crippen LogP contribution in [0.15, 0.2) is 24.3 Å². The molecule has 0 spiro atoms. The Bertz CT molecular complexity index is 820. The predicted molar refractivity (Wildman–Crippen MR) is 158 cm³/mol. The standard InChI is InChI=1S/C28H52O11P2/c1-7-9-11-13-15-17-19-25(37-27(29)23(3)4)21-35-40(31,32)39-41(33,34)36-22-26(38-28(30)24(5)6)20-18-16-14-12-10-8-2/h25-26H,3,5,7-22H2,1-2,4,6H3,(H,31,32)(H,33,34). The third-order valence-electron chi connectivity index (χ3n) is 6.06. The Morgan fingerprint density at radius 1 is 0.634 bits per heavy atom. The van der Waals surface area contributed by atoms with Gasteiger partial charge in [-0.05, 0) is 39.5 Å². The molecular weight excluding hydrogens is 574 g/mol. The summed E-state index contributed by atoms with van der Waals surface area (Å²) >= 11 is 0. The maximum Gasteiger partial charge on any atom is 0.481 e. The largest absolute Gasteiger partial charge is 0.481 e. The zero-order valence-corrected chi connectivity index (χ0v) is 27.1. The third-order valence-corrected chi connectivity index (χ3v) is 8.66.